The fraction of sp³-hybridized carbons (Fsp3) is 0.462. The van der Waals surface area contributed by atoms with Crippen LogP contribution in [0.15, 0.2) is 22.7 Å². The second kappa shape index (κ2) is 5.72. The molecule has 6 heteroatoms. The lowest BCUT2D eigenvalue weighted by Gasteiger charge is -2.31. The molecule has 0 N–H and O–H groups in total. The third-order valence-electron chi connectivity index (χ3n) is 3.05. The van der Waals surface area contributed by atoms with Gasteiger partial charge in [0.25, 0.3) is 0 Å². The van der Waals surface area contributed by atoms with Crippen LogP contribution in [-0.2, 0) is 10.3 Å². The molecule has 0 aromatic heterocycles. The Bertz CT molecular complexity index is 527. The Morgan fingerprint density at radius 3 is 2.68 bits per heavy atom. The van der Waals surface area contributed by atoms with Gasteiger partial charge in [-0.2, -0.15) is 5.26 Å². The molecule has 0 bridgehead atoms. The highest BCUT2D eigenvalue weighted by molar-refractivity contribution is 9.25. The third kappa shape index (κ3) is 2.58. The van der Waals surface area contributed by atoms with Gasteiger partial charge in [-0.15, -0.1) is 0 Å². The molecule has 1 aromatic rings. The molecule has 2 rings (SSSR count). The Balaban J connectivity index is 2.46. The van der Waals surface area contributed by atoms with Crippen LogP contribution in [0.1, 0.15) is 18.9 Å². The normalized spacial score (nSPS) is 25.0. The number of alkyl halides is 2. The molecule has 1 aromatic carbocycles. The van der Waals surface area contributed by atoms with E-state index < -0.39 is 8.83 Å². The van der Waals surface area contributed by atoms with Gasteiger partial charge in [-0.25, -0.2) is 0 Å². The molecular weight excluding hydrogens is 442 g/mol. The lowest BCUT2D eigenvalue weighted by atomic mass is 9.92. The first-order valence-electron chi connectivity index (χ1n) is 5.82. The van der Waals surface area contributed by atoms with Gasteiger partial charge in [-0.3, -0.25) is 0 Å². The fourth-order valence-electron chi connectivity index (χ4n) is 2.08. The van der Waals surface area contributed by atoms with Crippen LogP contribution in [0.5, 0.6) is 5.75 Å². The van der Waals surface area contributed by atoms with Gasteiger partial charge in [0.05, 0.1) is 17.7 Å². The number of nitrogens with zero attached hydrogens (tertiary/aromatic N) is 1. The van der Waals surface area contributed by atoms with Gasteiger partial charge in [-0.1, -0.05) is 37.9 Å². The van der Waals surface area contributed by atoms with Gasteiger partial charge in [-0.05, 0) is 35.0 Å². The van der Waals surface area contributed by atoms with Crippen LogP contribution in [0.2, 0.25) is 0 Å². The van der Waals surface area contributed by atoms with Crippen molar-refractivity contribution in [2.75, 3.05) is 13.2 Å². The highest BCUT2D eigenvalue weighted by atomic mass is 79.9. The smallest absolute Gasteiger partial charge is 0.204 e. The number of hydrogen-bond acceptors (Lipinski definition) is 3. The predicted octanol–water partition coefficient (Wildman–Crippen LogP) is 4.47. The Hall–Kier alpha value is -0.0900. The molecule has 0 aliphatic carbocycles. The summed E-state index contributed by atoms with van der Waals surface area (Å²) >= 11 is 10.6. The van der Waals surface area contributed by atoms with E-state index in [2.05, 4.69) is 53.9 Å². The van der Waals surface area contributed by atoms with Gasteiger partial charge in [0.15, 0.2) is 0 Å². The van der Waals surface area contributed by atoms with Crippen LogP contribution in [0.25, 0.3) is 0 Å². The summed E-state index contributed by atoms with van der Waals surface area (Å²) in [6, 6.07) is 7.87. The molecular formula is C13H12Br3NO2. The zero-order chi connectivity index (χ0) is 14.1. The van der Waals surface area contributed by atoms with E-state index >= 15 is 0 Å². The standard InChI is InChI=1S/C13H12Br3NO2/c1-2-18-11-4-3-9(7-10(11)14)12(8-17)13(15,16)5-6-19-12/h3-4,7H,2,5-6H2,1H3. The number of ether oxygens (including phenoxy) is 2. The van der Waals surface area contributed by atoms with E-state index in [9.17, 15) is 5.26 Å². The van der Waals surface area contributed by atoms with Crippen molar-refractivity contribution in [1.29, 1.82) is 5.26 Å². The van der Waals surface area contributed by atoms with Gasteiger partial charge in [0.1, 0.15) is 15.1 Å². The Kier molecular flexibility index (Phi) is 4.61. The molecule has 0 amide bonds. The minimum absolute atomic E-state index is 0.523. The summed E-state index contributed by atoms with van der Waals surface area (Å²) in [6.07, 6.45) is 0.714. The number of rotatable bonds is 3. The summed E-state index contributed by atoms with van der Waals surface area (Å²) in [4.78, 5) is 0. The summed E-state index contributed by atoms with van der Waals surface area (Å²) in [6.45, 7) is 3.05. The summed E-state index contributed by atoms with van der Waals surface area (Å²) < 4.78 is 11.4. The lowest BCUT2D eigenvalue weighted by Crippen LogP contribution is -2.38. The topological polar surface area (TPSA) is 42.2 Å². The molecule has 19 heavy (non-hydrogen) atoms. The van der Waals surface area contributed by atoms with Crippen molar-refractivity contribution in [2.24, 2.45) is 0 Å². The minimum Gasteiger partial charge on any atom is -0.493 e. The average molecular weight is 454 g/mol. The fourth-order valence-corrected chi connectivity index (χ4v) is 3.76. The van der Waals surface area contributed by atoms with Crippen LogP contribution < -0.4 is 4.74 Å². The van der Waals surface area contributed by atoms with Crippen LogP contribution in [0, 0.1) is 11.3 Å². The number of hydrogen-bond donors (Lipinski definition) is 0. The van der Waals surface area contributed by atoms with Gasteiger partial charge in [0, 0.05) is 12.0 Å². The maximum atomic E-state index is 9.59. The quantitative estimate of drug-likeness (QED) is 0.634. The average Bonchev–Trinajstić information content (AvgIpc) is 2.68. The highest BCUT2D eigenvalue weighted by Gasteiger charge is 2.56. The highest BCUT2D eigenvalue weighted by Crippen LogP contribution is 2.54. The monoisotopic (exact) mass is 451 g/mol. The molecule has 0 saturated carbocycles. The summed E-state index contributed by atoms with van der Waals surface area (Å²) in [5.41, 5.74) is -0.253. The van der Waals surface area contributed by atoms with Crippen LogP contribution in [0.4, 0.5) is 0 Å². The Morgan fingerprint density at radius 2 is 2.21 bits per heavy atom. The Morgan fingerprint density at radius 1 is 1.47 bits per heavy atom. The van der Waals surface area contributed by atoms with Gasteiger partial charge >= 0.3 is 0 Å². The number of nitriles is 1. The van der Waals surface area contributed by atoms with Crippen molar-refractivity contribution in [2.45, 2.75) is 22.2 Å². The van der Waals surface area contributed by atoms with Crippen molar-refractivity contribution in [3.05, 3.63) is 28.2 Å². The first kappa shape index (κ1) is 15.3. The van der Waals surface area contributed by atoms with E-state index in [4.69, 9.17) is 9.47 Å². The van der Waals surface area contributed by atoms with Crippen LogP contribution in [-0.4, -0.2) is 16.4 Å². The van der Waals surface area contributed by atoms with E-state index in [0.29, 0.717) is 19.6 Å². The molecule has 0 spiro atoms. The predicted molar refractivity (Wildman–Crippen MR) is 83.8 cm³/mol. The SMILES string of the molecule is CCOc1ccc(C2(C#N)OCCC2(Br)Br)cc1Br. The van der Waals surface area contributed by atoms with Crippen molar-refractivity contribution in [3.63, 3.8) is 0 Å². The first-order valence-corrected chi connectivity index (χ1v) is 8.20. The molecule has 1 heterocycles. The molecule has 1 aliphatic rings. The van der Waals surface area contributed by atoms with E-state index in [0.717, 1.165) is 15.8 Å². The molecule has 0 radical (unpaired) electrons. The molecule has 3 nitrogen and oxygen atoms in total. The molecule has 1 fully saturated rings. The lowest BCUT2D eigenvalue weighted by molar-refractivity contribution is 0.0495. The second-order valence-corrected chi connectivity index (χ2v) is 8.80. The number of benzene rings is 1. The van der Waals surface area contributed by atoms with E-state index in [1.54, 1.807) is 0 Å². The Labute approximate surface area is 137 Å². The van der Waals surface area contributed by atoms with Crippen LogP contribution in [0.3, 0.4) is 0 Å². The number of halogens is 3. The molecule has 1 saturated heterocycles. The van der Waals surface area contributed by atoms with Gasteiger partial charge in [0.2, 0.25) is 5.60 Å². The first-order chi connectivity index (χ1) is 8.97. The maximum Gasteiger partial charge on any atom is 0.204 e. The van der Waals surface area contributed by atoms with Crippen LogP contribution >= 0.6 is 47.8 Å². The largest absolute Gasteiger partial charge is 0.493 e. The van der Waals surface area contributed by atoms with Crippen molar-refractivity contribution >= 4 is 47.8 Å². The van der Waals surface area contributed by atoms with E-state index in [1.807, 2.05) is 25.1 Å². The molecule has 1 unspecified atom stereocenters. The third-order valence-corrected chi connectivity index (χ3v) is 5.57. The van der Waals surface area contributed by atoms with Gasteiger partial charge < -0.3 is 9.47 Å². The maximum absolute atomic E-state index is 9.59. The summed E-state index contributed by atoms with van der Waals surface area (Å²) in [7, 11) is 0. The zero-order valence-corrected chi connectivity index (χ0v) is 15.0. The van der Waals surface area contributed by atoms with E-state index in [-0.39, 0.29) is 0 Å². The van der Waals surface area contributed by atoms with Crippen molar-refractivity contribution in [3.8, 4) is 11.8 Å². The summed E-state index contributed by atoms with van der Waals surface area (Å²) in [5.74, 6) is 0.757. The summed E-state index contributed by atoms with van der Waals surface area (Å²) in [5, 5.41) is 9.59. The molecule has 102 valence electrons. The second-order valence-electron chi connectivity index (χ2n) is 4.17. The zero-order valence-electron chi connectivity index (χ0n) is 10.3. The van der Waals surface area contributed by atoms with E-state index in [1.165, 1.54) is 0 Å². The van der Waals surface area contributed by atoms with Crippen molar-refractivity contribution < 1.29 is 9.47 Å². The molecule has 1 aliphatic heterocycles. The molecule has 1 atom stereocenters. The minimum atomic E-state index is -1.04. The van der Waals surface area contributed by atoms with Crippen molar-refractivity contribution in [1.82, 2.24) is 0 Å².